The highest BCUT2D eigenvalue weighted by molar-refractivity contribution is 5.19. The van der Waals surface area contributed by atoms with Crippen molar-refractivity contribution in [2.24, 2.45) is 0 Å². The van der Waals surface area contributed by atoms with Crippen LogP contribution >= 0.6 is 0 Å². The summed E-state index contributed by atoms with van der Waals surface area (Å²) in [6.45, 7) is 2.49. The summed E-state index contributed by atoms with van der Waals surface area (Å²) in [5.74, 6) is 0.451. The molecule has 1 aromatic rings. The van der Waals surface area contributed by atoms with Crippen LogP contribution in [0.5, 0.6) is 0 Å². The molecule has 0 saturated heterocycles. The standard InChI is InChI=1S/C22H38O2/c1-2-3-4-5-6-10-16-22(24)17-12-11-15-21(18-19-23)20-13-8-7-9-14-20/h7-9,13-14,21-24H,2-6,10-12,15-19H2,1H3. The van der Waals surface area contributed by atoms with Crippen molar-refractivity contribution in [1.29, 1.82) is 0 Å². The molecule has 138 valence electrons. The molecular weight excluding hydrogens is 296 g/mol. The fourth-order valence-corrected chi connectivity index (χ4v) is 3.43. The van der Waals surface area contributed by atoms with Crippen molar-refractivity contribution in [3.63, 3.8) is 0 Å². The normalized spacial score (nSPS) is 13.8. The fourth-order valence-electron chi connectivity index (χ4n) is 3.43. The van der Waals surface area contributed by atoms with Gasteiger partial charge < -0.3 is 10.2 Å². The summed E-state index contributed by atoms with van der Waals surface area (Å²) in [4.78, 5) is 0. The van der Waals surface area contributed by atoms with Gasteiger partial charge in [-0.15, -0.1) is 0 Å². The van der Waals surface area contributed by atoms with E-state index in [0.29, 0.717) is 5.92 Å². The zero-order chi connectivity index (χ0) is 17.5. The lowest BCUT2D eigenvalue weighted by atomic mass is 9.90. The summed E-state index contributed by atoms with van der Waals surface area (Å²) >= 11 is 0. The predicted octanol–water partition coefficient (Wildman–Crippen LogP) is 5.82. The Hall–Kier alpha value is -0.860. The summed E-state index contributed by atoms with van der Waals surface area (Å²) in [5.41, 5.74) is 1.33. The number of aliphatic hydroxyl groups is 2. The van der Waals surface area contributed by atoms with Crippen LogP contribution in [0, 0.1) is 0 Å². The Balaban J connectivity index is 2.10. The van der Waals surface area contributed by atoms with Gasteiger partial charge in [0.25, 0.3) is 0 Å². The van der Waals surface area contributed by atoms with Crippen molar-refractivity contribution in [2.75, 3.05) is 6.61 Å². The Kier molecular flexibility index (Phi) is 12.8. The second-order valence-electron chi connectivity index (χ2n) is 7.11. The number of unbranched alkanes of at least 4 members (excludes halogenated alkanes) is 6. The Morgan fingerprint density at radius 2 is 1.33 bits per heavy atom. The second-order valence-corrected chi connectivity index (χ2v) is 7.11. The van der Waals surface area contributed by atoms with Crippen LogP contribution in [-0.2, 0) is 0 Å². The molecule has 2 atom stereocenters. The van der Waals surface area contributed by atoms with Gasteiger partial charge in [-0.25, -0.2) is 0 Å². The lowest BCUT2D eigenvalue weighted by Gasteiger charge is -2.17. The van der Waals surface area contributed by atoms with Crippen LogP contribution in [0.25, 0.3) is 0 Å². The molecular formula is C22H38O2. The third kappa shape index (κ3) is 10.1. The second kappa shape index (κ2) is 14.5. The smallest absolute Gasteiger partial charge is 0.0540 e. The highest BCUT2D eigenvalue weighted by atomic mass is 16.3. The quantitative estimate of drug-likeness (QED) is 0.396. The number of hydrogen-bond acceptors (Lipinski definition) is 2. The molecule has 2 N–H and O–H groups in total. The van der Waals surface area contributed by atoms with Crippen molar-refractivity contribution < 1.29 is 10.2 Å². The first kappa shape index (κ1) is 21.2. The lowest BCUT2D eigenvalue weighted by Crippen LogP contribution is -2.07. The zero-order valence-electron chi connectivity index (χ0n) is 15.6. The molecule has 24 heavy (non-hydrogen) atoms. The van der Waals surface area contributed by atoms with Gasteiger partial charge >= 0.3 is 0 Å². The van der Waals surface area contributed by atoms with Crippen LogP contribution in [0.3, 0.4) is 0 Å². The molecule has 0 aliphatic heterocycles. The van der Waals surface area contributed by atoms with E-state index in [2.05, 4.69) is 31.2 Å². The summed E-state index contributed by atoms with van der Waals surface area (Å²) < 4.78 is 0. The molecule has 0 aromatic heterocycles. The molecule has 0 amide bonds. The molecule has 0 spiro atoms. The van der Waals surface area contributed by atoms with E-state index < -0.39 is 0 Å². The minimum Gasteiger partial charge on any atom is -0.396 e. The zero-order valence-corrected chi connectivity index (χ0v) is 15.6. The van der Waals surface area contributed by atoms with E-state index in [0.717, 1.165) is 38.5 Å². The number of hydrogen-bond donors (Lipinski definition) is 2. The number of benzene rings is 1. The van der Waals surface area contributed by atoms with Crippen LogP contribution in [0.1, 0.15) is 95.5 Å². The molecule has 0 saturated carbocycles. The van der Waals surface area contributed by atoms with Crippen molar-refractivity contribution in [1.82, 2.24) is 0 Å². The van der Waals surface area contributed by atoms with E-state index in [1.807, 2.05) is 6.07 Å². The van der Waals surface area contributed by atoms with E-state index in [1.165, 1.54) is 44.1 Å². The maximum Gasteiger partial charge on any atom is 0.0540 e. The van der Waals surface area contributed by atoms with Gasteiger partial charge in [0.15, 0.2) is 0 Å². The van der Waals surface area contributed by atoms with E-state index in [9.17, 15) is 10.2 Å². The molecule has 1 aromatic carbocycles. The van der Waals surface area contributed by atoms with Crippen LogP contribution in [0.2, 0.25) is 0 Å². The molecule has 0 aliphatic rings. The maximum atomic E-state index is 10.1. The third-order valence-electron chi connectivity index (χ3n) is 4.98. The van der Waals surface area contributed by atoms with Crippen molar-refractivity contribution >= 4 is 0 Å². The minimum atomic E-state index is -0.121. The summed E-state index contributed by atoms with van der Waals surface area (Å²) in [5, 5.41) is 19.4. The molecule has 0 bridgehead atoms. The van der Waals surface area contributed by atoms with Gasteiger partial charge in [0, 0.05) is 6.61 Å². The average molecular weight is 335 g/mol. The van der Waals surface area contributed by atoms with Gasteiger partial charge in [0.1, 0.15) is 0 Å². The first-order chi connectivity index (χ1) is 11.8. The van der Waals surface area contributed by atoms with Gasteiger partial charge in [0.05, 0.1) is 6.10 Å². The number of rotatable bonds is 15. The van der Waals surface area contributed by atoms with Crippen molar-refractivity contribution in [2.45, 2.75) is 96.0 Å². The maximum absolute atomic E-state index is 10.1. The molecule has 0 aliphatic carbocycles. The van der Waals surface area contributed by atoms with Gasteiger partial charge in [-0.2, -0.15) is 0 Å². The average Bonchev–Trinajstić information content (AvgIpc) is 2.61. The highest BCUT2D eigenvalue weighted by Gasteiger charge is 2.11. The molecule has 2 heteroatoms. The van der Waals surface area contributed by atoms with Gasteiger partial charge in [0.2, 0.25) is 0 Å². The molecule has 1 rings (SSSR count). The minimum absolute atomic E-state index is 0.121. The largest absolute Gasteiger partial charge is 0.396 e. The summed E-state index contributed by atoms with van der Waals surface area (Å²) in [7, 11) is 0. The third-order valence-corrected chi connectivity index (χ3v) is 4.98. The van der Waals surface area contributed by atoms with E-state index in [-0.39, 0.29) is 12.7 Å². The highest BCUT2D eigenvalue weighted by Crippen LogP contribution is 2.26. The molecule has 0 radical (unpaired) electrons. The van der Waals surface area contributed by atoms with E-state index in [4.69, 9.17) is 0 Å². The van der Waals surface area contributed by atoms with Crippen LogP contribution < -0.4 is 0 Å². The SMILES string of the molecule is CCCCCCCCC(O)CCCCC(CCO)c1ccccc1. The number of aliphatic hydroxyl groups excluding tert-OH is 2. The van der Waals surface area contributed by atoms with Crippen molar-refractivity contribution in [3.05, 3.63) is 35.9 Å². The first-order valence-corrected chi connectivity index (χ1v) is 10.1. The van der Waals surface area contributed by atoms with Gasteiger partial charge in [-0.3, -0.25) is 0 Å². The van der Waals surface area contributed by atoms with Crippen molar-refractivity contribution in [3.8, 4) is 0 Å². The van der Waals surface area contributed by atoms with E-state index >= 15 is 0 Å². The monoisotopic (exact) mass is 334 g/mol. The Morgan fingerprint density at radius 3 is 2.00 bits per heavy atom. The summed E-state index contributed by atoms with van der Waals surface area (Å²) in [6.07, 6.45) is 13.7. The van der Waals surface area contributed by atoms with E-state index in [1.54, 1.807) is 0 Å². The molecule has 2 nitrogen and oxygen atoms in total. The molecule has 0 heterocycles. The predicted molar refractivity (Wildman–Crippen MR) is 103 cm³/mol. The Labute approximate surface area is 149 Å². The van der Waals surface area contributed by atoms with Crippen LogP contribution in [0.4, 0.5) is 0 Å². The molecule has 0 fully saturated rings. The first-order valence-electron chi connectivity index (χ1n) is 10.1. The summed E-state index contributed by atoms with van der Waals surface area (Å²) in [6, 6.07) is 10.5. The van der Waals surface area contributed by atoms with Gasteiger partial charge in [-0.1, -0.05) is 88.6 Å². The van der Waals surface area contributed by atoms with Crippen LogP contribution in [-0.4, -0.2) is 22.9 Å². The Morgan fingerprint density at radius 1 is 0.750 bits per heavy atom. The van der Waals surface area contributed by atoms with Gasteiger partial charge in [-0.05, 0) is 37.2 Å². The fraction of sp³-hybridized carbons (Fsp3) is 0.727. The topological polar surface area (TPSA) is 40.5 Å². The Bertz CT molecular complexity index is 377. The van der Waals surface area contributed by atoms with Crippen LogP contribution in [0.15, 0.2) is 30.3 Å². The lowest BCUT2D eigenvalue weighted by molar-refractivity contribution is 0.146. The molecule has 2 unspecified atom stereocenters.